The standard InChI is InChI=1S/C21H23N3O2/c22-18-11-8-17(9-12-18)21(26)24(14-4-1-5-15-24)23-19-7-3-2-6-16(19)10-13-20(23)25/h2-3,6-9,11-12H,1,4-5,10,13-15H2,(H-,22,26)/p+1. The Kier molecular flexibility index (Phi) is 4.24. The molecule has 4 rings (SSSR count). The molecule has 0 spiro atoms. The number of benzene rings is 2. The van der Waals surface area contributed by atoms with Crippen LogP contribution in [-0.2, 0) is 11.2 Å². The number of hydrogen-bond acceptors (Lipinski definition) is 3. The number of fused-ring (bicyclic) bond motifs is 1. The van der Waals surface area contributed by atoms with Gasteiger partial charge in [-0.25, -0.2) is 4.79 Å². The molecule has 0 aromatic heterocycles. The van der Waals surface area contributed by atoms with E-state index in [2.05, 4.69) is 6.07 Å². The van der Waals surface area contributed by atoms with Gasteiger partial charge in [-0.3, -0.25) is 4.79 Å². The van der Waals surface area contributed by atoms with E-state index in [1.807, 2.05) is 18.2 Å². The van der Waals surface area contributed by atoms with Gasteiger partial charge in [-0.05, 0) is 61.6 Å². The van der Waals surface area contributed by atoms with E-state index in [0.29, 0.717) is 30.8 Å². The van der Waals surface area contributed by atoms with E-state index in [1.54, 1.807) is 29.3 Å². The van der Waals surface area contributed by atoms with E-state index >= 15 is 0 Å². The molecule has 1 fully saturated rings. The van der Waals surface area contributed by atoms with Crippen molar-refractivity contribution in [2.75, 3.05) is 23.8 Å². The number of anilines is 2. The Morgan fingerprint density at radius 2 is 1.62 bits per heavy atom. The lowest BCUT2D eigenvalue weighted by molar-refractivity contribution is -0.856. The molecule has 0 radical (unpaired) electrons. The van der Waals surface area contributed by atoms with E-state index in [-0.39, 0.29) is 16.4 Å². The molecule has 2 aliphatic rings. The Morgan fingerprint density at radius 1 is 0.923 bits per heavy atom. The van der Waals surface area contributed by atoms with Crippen LogP contribution in [0.15, 0.2) is 48.5 Å². The SMILES string of the molecule is Nc1ccc(C(=O)[N+]2(N3C(=O)CCc4ccccc43)CCCCC2)cc1. The predicted molar refractivity (Wildman–Crippen MR) is 101 cm³/mol. The second kappa shape index (κ2) is 6.57. The van der Waals surface area contributed by atoms with Crippen molar-refractivity contribution in [1.82, 2.24) is 0 Å². The molecule has 2 aliphatic heterocycles. The summed E-state index contributed by atoms with van der Waals surface area (Å²) in [7, 11) is 0. The first-order valence-corrected chi connectivity index (χ1v) is 9.31. The van der Waals surface area contributed by atoms with Crippen molar-refractivity contribution in [2.45, 2.75) is 32.1 Å². The quantitative estimate of drug-likeness (QED) is 0.668. The zero-order valence-corrected chi connectivity index (χ0v) is 14.9. The van der Waals surface area contributed by atoms with Gasteiger partial charge in [0, 0.05) is 12.1 Å². The molecular weight excluding hydrogens is 326 g/mol. The minimum absolute atomic E-state index is 0.0187. The molecule has 5 heteroatoms. The lowest BCUT2D eigenvalue weighted by atomic mass is 10.0. The monoisotopic (exact) mass is 350 g/mol. The molecule has 2 heterocycles. The van der Waals surface area contributed by atoms with Crippen LogP contribution in [0.5, 0.6) is 0 Å². The highest BCUT2D eigenvalue weighted by Gasteiger charge is 2.49. The molecule has 0 bridgehead atoms. The normalized spacial score (nSPS) is 19.1. The number of quaternary nitrogens is 1. The lowest BCUT2D eigenvalue weighted by Gasteiger charge is -2.46. The average molecular weight is 350 g/mol. The van der Waals surface area contributed by atoms with Gasteiger partial charge in [0.05, 0.1) is 5.56 Å². The van der Waals surface area contributed by atoms with Crippen LogP contribution in [0.1, 0.15) is 41.6 Å². The van der Waals surface area contributed by atoms with Crippen molar-refractivity contribution < 1.29 is 14.2 Å². The first kappa shape index (κ1) is 16.8. The van der Waals surface area contributed by atoms with Crippen LogP contribution in [0, 0.1) is 0 Å². The van der Waals surface area contributed by atoms with E-state index in [9.17, 15) is 9.59 Å². The highest BCUT2D eigenvalue weighted by molar-refractivity contribution is 5.98. The third kappa shape index (κ3) is 2.69. The first-order valence-electron chi connectivity index (χ1n) is 9.31. The summed E-state index contributed by atoms with van der Waals surface area (Å²) in [6.07, 6.45) is 4.16. The Balaban J connectivity index is 1.83. The molecule has 0 atom stereocenters. The largest absolute Gasteiger partial charge is 0.399 e. The molecule has 134 valence electrons. The van der Waals surface area contributed by atoms with Gasteiger partial charge in [0.1, 0.15) is 18.8 Å². The van der Waals surface area contributed by atoms with Gasteiger partial charge in [-0.2, -0.15) is 0 Å². The summed E-state index contributed by atoms with van der Waals surface area (Å²) in [5.74, 6) is 0.0177. The number of aryl methyl sites for hydroxylation is 1. The number of amides is 2. The van der Waals surface area contributed by atoms with Crippen LogP contribution >= 0.6 is 0 Å². The van der Waals surface area contributed by atoms with Gasteiger partial charge in [0.2, 0.25) is 0 Å². The van der Waals surface area contributed by atoms with Crippen molar-refractivity contribution in [1.29, 1.82) is 0 Å². The summed E-state index contributed by atoms with van der Waals surface area (Å²) in [5.41, 5.74) is 9.05. The number of carbonyl (C=O) groups is 2. The average Bonchev–Trinajstić information content (AvgIpc) is 2.68. The minimum atomic E-state index is -0.0187. The number of hydrogen-bond donors (Lipinski definition) is 1. The number of nitrogen functional groups attached to an aromatic ring is 1. The van der Waals surface area contributed by atoms with E-state index < -0.39 is 0 Å². The van der Waals surface area contributed by atoms with Gasteiger partial charge in [0.25, 0.3) is 5.91 Å². The molecule has 2 amide bonds. The third-order valence-electron chi connectivity index (χ3n) is 5.54. The van der Waals surface area contributed by atoms with Gasteiger partial charge >= 0.3 is 5.91 Å². The number of piperidine rings is 1. The van der Waals surface area contributed by atoms with E-state index in [0.717, 1.165) is 36.9 Å². The number of para-hydroxylation sites is 1. The Hall–Kier alpha value is -2.66. The fourth-order valence-electron chi connectivity index (χ4n) is 4.23. The summed E-state index contributed by atoms with van der Waals surface area (Å²) in [6, 6.07) is 15.0. The lowest BCUT2D eigenvalue weighted by Crippen LogP contribution is -2.68. The molecule has 0 saturated carbocycles. The number of likely N-dealkylation sites (tertiary alicyclic amines) is 1. The highest BCUT2D eigenvalue weighted by Crippen LogP contribution is 2.36. The summed E-state index contributed by atoms with van der Waals surface area (Å²) in [6.45, 7) is 1.31. The van der Waals surface area contributed by atoms with Crippen LogP contribution in [0.3, 0.4) is 0 Å². The highest BCUT2D eigenvalue weighted by atomic mass is 16.2. The topological polar surface area (TPSA) is 63.4 Å². The van der Waals surface area contributed by atoms with Crippen LogP contribution in [-0.4, -0.2) is 29.5 Å². The smallest absolute Gasteiger partial charge is 0.370 e. The molecule has 5 nitrogen and oxygen atoms in total. The molecule has 2 aromatic rings. The van der Waals surface area contributed by atoms with Crippen LogP contribution in [0.25, 0.3) is 0 Å². The van der Waals surface area contributed by atoms with Gasteiger partial charge in [-0.1, -0.05) is 18.2 Å². The second-order valence-electron chi connectivity index (χ2n) is 7.19. The maximum atomic E-state index is 13.6. The fraction of sp³-hybridized carbons (Fsp3) is 0.333. The molecule has 0 unspecified atom stereocenters. The van der Waals surface area contributed by atoms with Gasteiger partial charge in [0.15, 0.2) is 0 Å². The van der Waals surface area contributed by atoms with Crippen molar-refractivity contribution in [3.63, 3.8) is 0 Å². The van der Waals surface area contributed by atoms with Crippen LogP contribution in [0.4, 0.5) is 11.4 Å². The Bertz CT molecular complexity index is 839. The van der Waals surface area contributed by atoms with Crippen molar-refractivity contribution in [3.05, 3.63) is 59.7 Å². The van der Waals surface area contributed by atoms with Crippen molar-refractivity contribution in [3.8, 4) is 0 Å². The number of carbonyl (C=O) groups excluding carboxylic acids is 2. The van der Waals surface area contributed by atoms with Gasteiger partial charge < -0.3 is 5.73 Å². The summed E-state index contributed by atoms with van der Waals surface area (Å²) in [4.78, 5) is 26.6. The molecule has 2 N–H and O–H groups in total. The molecular formula is C21H24N3O2+. The summed E-state index contributed by atoms with van der Waals surface area (Å²) < 4.78 is 0.0692. The molecule has 26 heavy (non-hydrogen) atoms. The minimum Gasteiger partial charge on any atom is -0.399 e. The van der Waals surface area contributed by atoms with Crippen molar-refractivity contribution in [2.24, 2.45) is 0 Å². The predicted octanol–water partition coefficient (Wildman–Crippen LogP) is 3.30. The second-order valence-corrected chi connectivity index (χ2v) is 7.19. The zero-order chi connectivity index (χ0) is 18.1. The fourth-order valence-corrected chi connectivity index (χ4v) is 4.23. The third-order valence-corrected chi connectivity index (χ3v) is 5.54. The summed E-state index contributed by atoms with van der Waals surface area (Å²) in [5, 5.41) is 1.77. The number of nitrogens with zero attached hydrogens (tertiary/aromatic N) is 2. The Morgan fingerprint density at radius 3 is 2.35 bits per heavy atom. The zero-order valence-electron chi connectivity index (χ0n) is 14.9. The van der Waals surface area contributed by atoms with E-state index in [4.69, 9.17) is 5.73 Å². The molecule has 0 aliphatic carbocycles. The maximum absolute atomic E-state index is 13.6. The van der Waals surface area contributed by atoms with Gasteiger partial charge in [-0.15, -0.1) is 9.60 Å². The van der Waals surface area contributed by atoms with Crippen LogP contribution < -0.4 is 10.7 Å². The van der Waals surface area contributed by atoms with Crippen LogP contribution in [0.2, 0.25) is 0 Å². The molecule has 2 aromatic carbocycles. The molecule has 1 saturated heterocycles. The maximum Gasteiger partial charge on any atom is 0.370 e. The van der Waals surface area contributed by atoms with E-state index in [1.165, 1.54) is 0 Å². The first-order chi connectivity index (χ1) is 12.6. The summed E-state index contributed by atoms with van der Waals surface area (Å²) >= 11 is 0. The number of nitrogens with two attached hydrogens (primary N) is 1. The number of rotatable bonds is 2. The Labute approximate surface area is 153 Å². The van der Waals surface area contributed by atoms with Crippen molar-refractivity contribution >= 4 is 23.2 Å².